The number of methoxy groups -OCH3 is 1. The lowest BCUT2D eigenvalue weighted by atomic mass is 9.92. The van der Waals surface area contributed by atoms with Gasteiger partial charge < -0.3 is 15.4 Å². The summed E-state index contributed by atoms with van der Waals surface area (Å²) in [4.78, 5) is 12.4. The Kier molecular flexibility index (Phi) is 6.06. The highest BCUT2D eigenvalue weighted by atomic mass is 32.2. The van der Waals surface area contributed by atoms with Crippen LogP contribution in [0.1, 0.15) is 26.7 Å². The van der Waals surface area contributed by atoms with E-state index in [2.05, 4.69) is 22.3 Å². The molecule has 1 fully saturated rings. The molecule has 1 amide bonds. The number of hydrogen-bond acceptors (Lipinski definition) is 5. The van der Waals surface area contributed by atoms with Crippen LogP contribution in [0.15, 0.2) is 18.2 Å². The largest absolute Gasteiger partial charge is 0.494 e. The first-order chi connectivity index (χ1) is 11.3. The number of anilines is 2. The Hall–Kier alpha value is -1.80. The number of piperidine rings is 1. The number of amides is 1. The molecule has 24 heavy (non-hydrogen) atoms. The van der Waals surface area contributed by atoms with Crippen LogP contribution < -0.4 is 20.1 Å². The van der Waals surface area contributed by atoms with Gasteiger partial charge in [-0.2, -0.15) is 0 Å². The quantitative estimate of drug-likeness (QED) is 0.723. The Morgan fingerprint density at radius 2 is 2.17 bits per heavy atom. The molecule has 1 aliphatic rings. The van der Waals surface area contributed by atoms with E-state index in [0.717, 1.165) is 19.4 Å². The zero-order chi connectivity index (χ0) is 17.7. The van der Waals surface area contributed by atoms with E-state index in [9.17, 15) is 13.2 Å². The van der Waals surface area contributed by atoms with Crippen molar-refractivity contribution in [1.29, 1.82) is 0 Å². The van der Waals surface area contributed by atoms with Crippen molar-refractivity contribution in [2.45, 2.75) is 32.7 Å². The summed E-state index contributed by atoms with van der Waals surface area (Å²) >= 11 is 0. The van der Waals surface area contributed by atoms with E-state index in [-0.39, 0.29) is 17.6 Å². The number of hydrogen-bond donors (Lipinski definition) is 3. The lowest BCUT2D eigenvalue weighted by molar-refractivity contribution is -0.120. The molecule has 0 spiro atoms. The van der Waals surface area contributed by atoms with Crippen LogP contribution in [0.2, 0.25) is 0 Å². The van der Waals surface area contributed by atoms with Gasteiger partial charge in [-0.15, -0.1) is 0 Å². The Bertz CT molecular complexity index is 691. The Morgan fingerprint density at radius 3 is 2.79 bits per heavy atom. The summed E-state index contributed by atoms with van der Waals surface area (Å²) in [5.74, 6) is 0.295. The van der Waals surface area contributed by atoms with E-state index in [4.69, 9.17) is 4.74 Å². The molecule has 1 aromatic carbocycles. The fourth-order valence-electron chi connectivity index (χ4n) is 2.71. The van der Waals surface area contributed by atoms with E-state index in [0.29, 0.717) is 23.2 Å². The van der Waals surface area contributed by atoms with E-state index < -0.39 is 10.0 Å². The summed E-state index contributed by atoms with van der Waals surface area (Å²) in [7, 11) is -1.93. The molecule has 2 rings (SSSR count). The van der Waals surface area contributed by atoms with Gasteiger partial charge >= 0.3 is 0 Å². The number of ether oxygens (including phenoxy) is 1. The molecule has 3 N–H and O–H groups in total. The number of nitrogens with one attached hydrogen (secondary N) is 3. The number of carbonyl (C=O) groups excluding carboxylic acids is 1. The first kappa shape index (κ1) is 18.5. The fourth-order valence-corrected chi connectivity index (χ4v) is 3.36. The maximum absolute atomic E-state index is 12.4. The molecule has 1 saturated heterocycles. The summed E-state index contributed by atoms with van der Waals surface area (Å²) in [5.41, 5.74) is 0.940. The molecule has 0 radical (unpaired) electrons. The van der Waals surface area contributed by atoms with Gasteiger partial charge in [0.2, 0.25) is 15.9 Å². The van der Waals surface area contributed by atoms with Gasteiger partial charge in [0.25, 0.3) is 0 Å². The predicted octanol–water partition coefficient (Wildman–Crippen LogP) is 1.78. The van der Waals surface area contributed by atoms with E-state index in [1.165, 1.54) is 7.11 Å². The smallest absolute Gasteiger partial charge is 0.232 e. The highest BCUT2D eigenvalue weighted by Gasteiger charge is 2.25. The van der Waals surface area contributed by atoms with Gasteiger partial charge in [-0.3, -0.25) is 9.52 Å². The zero-order valence-electron chi connectivity index (χ0n) is 14.3. The second-order valence-corrected chi connectivity index (χ2v) is 8.00. The number of benzene rings is 1. The monoisotopic (exact) mass is 355 g/mol. The topological polar surface area (TPSA) is 96.5 Å². The van der Waals surface area contributed by atoms with Gasteiger partial charge in [-0.05, 0) is 45.4 Å². The van der Waals surface area contributed by atoms with Gasteiger partial charge in [0.1, 0.15) is 5.75 Å². The molecule has 0 saturated carbocycles. The van der Waals surface area contributed by atoms with Crippen LogP contribution in [0.25, 0.3) is 0 Å². The Balaban J connectivity index is 2.10. The third-order valence-electron chi connectivity index (χ3n) is 4.11. The molecule has 0 aromatic heterocycles. The van der Waals surface area contributed by atoms with Crippen molar-refractivity contribution in [2.24, 2.45) is 5.92 Å². The van der Waals surface area contributed by atoms with Gasteiger partial charge in [-0.1, -0.05) is 0 Å². The lowest BCUT2D eigenvalue weighted by Gasteiger charge is -2.27. The van der Waals surface area contributed by atoms with Gasteiger partial charge in [0, 0.05) is 23.7 Å². The van der Waals surface area contributed by atoms with Crippen LogP contribution >= 0.6 is 0 Å². The first-order valence-corrected chi connectivity index (χ1v) is 9.72. The molecule has 7 nitrogen and oxygen atoms in total. The number of sulfonamides is 1. The average molecular weight is 355 g/mol. The minimum Gasteiger partial charge on any atom is -0.494 e. The van der Waals surface area contributed by atoms with Crippen molar-refractivity contribution in [3.05, 3.63) is 18.2 Å². The second-order valence-electron chi connectivity index (χ2n) is 5.99. The van der Waals surface area contributed by atoms with Gasteiger partial charge in [-0.25, -0.2) is 8.42 Å². The van der Waals surface area contributed by atoms with Crippen molar-refractivity contribution in [1.82, 2.24) is 5.32 Å². The lowest BCUT2D eigenvalue weighted by Crippen LogP contribution is -2.40. The molecular formula is C16H25N3O4S. The Morgan fingerprint density at radius 1 is 1.42 bits per heavy atom. The van der Waals surface area contributed by atoms with Gasteiger partial charge in [0.05, 0.1) is 18.6 Å². The third-order valence-corrected chi connectivity index (χ3v) is 5.40. The SMILES string of the molecule is CCS(=O)(=O)Nc1ccc(NC(=O)[C@H]2CCN[C@@H](C)C2)cc1OC. The standard InChI is InChI=1S/C16H25N3O4S/c1-4-24(21,22)19-14-6-5-13(10-15(14)23-3)18-16(20)12-7-8-17-11(2)9-12/h5-6,10-12,17,19H,4,7-9H2,1-3H3,(H,18,20)/t11-,12-/m0/s1. The number of rotatable bonds is 6. The molecule has 1 heterocycles. The van der Waals surface area contributed by atoms with Crippen LogP contribution in [-0.4, -0.2) is 39.8 Å². The minimum absolute atomic E-state index is 0.0210. The van der Waals surface area contributed by atoms with E-state index >= 15 is 0 Å². The van der Waals surface area contributed by atoms with E-state index in [1.807, 2.05) is 0 Å². The van der Waals surface area contributed by atoms with Crippen LogP contribution in [0.4, 0.5) is 11.4 Å². The van der Waals surface area contributed by atoms with Crippen LogP contribution in [0.3, 0.4) is 0 Å². The predicted molar refractivity (Wildman–Crippen MR) is 94.9 cm³/mol. The Labute approximate surface area is 143 Å². The molecule has 0 unspecified atom stereocenters. The summed E-state index contributed by atoms with van der Waals surface area (Å²) < 4.78 is 31.1. The van der Waals surface area contributed by atoms with Crippen LogP contribution in [0.5, 0.6) is 5.75 Å². The molecule has 1 aromatic rings. The third kappa shape index (κ3) is 4.85. The average Bonchev–Trinajstić information content (AvgIpc) is 2.56. The van der Waals surface area contributed by atoms with Crippen molar-refractivity contribution in [2.75, 3.05) is 29.4 Å². The molecule has 134 valence electrons. The molecule has 8 heteroatoms. The summed E-state index contributed by atoms with van der Waals surface area (Å²) in [6, 6.07) is 5.20. The maximum Gasteiger partial charge on any atom is 0.232 e. The van der Waals surface area contributed by atoms with Crippen molar-refractivity contribution < 1.29 is 17.9 Å². The highest BCUT2D eigenvalue weighted by molar-refractivity contribution is 7.92. The summed E-state index contributed by atoms with van der Waals surface area (Å²) in [6.07, 6.45) is 1.61. The van der Waals surface area contributed by atoms with E-state index in [1.54, 1.807) is 25.1 Å². The van der Waals surface area contributed by atoms with Crippen LogP contribution in [-0.2, 0) is 14.8 Å². The zero-order valence-corrected chi connectivity index (χ0v) is 15.1. The normalized spacial score (nSPS) is 21.1. The molecular weight excluding hydrogens is 330 g/mol. The molecule has 1 aliphatic heterocycles. The summed E-state index contributed by atoms with van der Waals surface area (Å²) in [6.45, 7) is 4.46. The molecule has 0 aliphatic carbocycles. The second kappa shape index (κ2) is 7.85. The summed E-state index contributed by atoms with van der Waals surface area (Å²) in [5, 5.41) is 6.21. The molecule has 0 bridgehead atoms. The highest BCUT2D eigenvalue weighted by Crippen LogP contribution is 2.29. The fraction of sp³-hybridized carbons (Fsp3) is 0.562. The van der Waals surface area contributed by atoms with Gasteiger partial charge in [0.15, 0.2) is 0 Å². The molecule has 2 atom stereocenters. The van der Waals surface area contributed by atoms with Crippen LogP contribution in [0, 0.1) is 5.92 Å². The minimum atomic E-state index is -3.39. The van der Waals surface area contributed by atoms with Crippen molar-refractivity contribution in [3.8, 4) is 5.75 Å². The first-order valence-electron chi connectivity index (χ1n) is 8.07. The maximum atomic E-state index is 12.4. The van der Waals surface area contributed by atoms with Crippen molar-refractivity contribution in [3.63, 3.8) is 0 Å². The number of carbonyl (C=O) groups is 1. The van der Waals surface area contributed by atoms with Crippen molar-refractivity contribution >= 4 is 27.3 Å².